The molecule has 1 fully saturated rings. The third-order valence-electron chi connectivity index (χ3n) is 5.28. The fourth-order valence-corrected chi connectivity index (χ4v) is 4.04. The first-order valence-corrected chi connectivity index (χ1v) is 10.5. The summed E-state index contributed by atoms with van der Waals surface area (Å²) in [6.45, 7) is 3.60. The lowest BCUT2D eigenvalue weighted by Crippen LogP contribution is -2.44. The van der Waals surface area contributed by atoms with Crippen molar-refractivity contribution in [1.82, 2.24) is 5.32 Å². The van der Waals surface area contributed by atoms with Crippen molar-refractivity contribution >= 4 is 40.5 Å². The fraction of sp³-hybridized carbons (Fsp3) is 0.304. The third-order valence-corrected chi connectivity index (χ3v) is 5.65. The van der Waals surface area contributed by atoms with E-state index in [0.717, 1.165) is 4.90 Å². The minimum Gasteiger partial charge on any atom is -0.493 e. The number of nitrogens with one attached hydrogen (secondary N) is 1. The highest BCUT2D eigenvalue weighted by atomic mass is 32.1. The summed E-state index contributed by atoms with van der Waals surface area (Å²) in [4.78, 5) is 27.3. The van der Waals surface area contributed by atoms with E-state index in [9.17, 15) is 14.9 Å². The normalized spacial score (nSPS) is 14.8. The largest absolute Gasteiger partial charge is 0.493 e. The average molecular weight is 471 g/mol. The van der Waals surface area contributed by atoms with Gasteiger partial charge in [-0.15, -0.1) is 0 Å². The molecule has 2 aromatic carbocycles. The number of rotatable bonds is 7. The van der Waals surface area contributed by atoms with Crippen molar-refractivity contribution in [2.24, 2.45) is 0 Å². The third kappa shape index (κ3) is 4.32. The monoisotopic (exact) mass is 470 g/mol. The van der Waals surface area contributed by atoms with Gasteiger partial charge in [-0.2, -0.15) is 5.26 Å². The molecule has 8 nitrogen and oxygen atoms in total. The Morgan fingerprint density at radius 1 is 1.24 bits per heavy atom. The lowest BCUT2D eigenvalue weighted by molar-refractivity contribution is -0.121. The van der Waals surface area contributed by atoms with Crippen LogP contribution in [-0.2, 0) is 9.59 Å². The summed E-state index contributed by atoms with van der Waals surface area (Å²) >= 11 is 5.58. The van der Waals surface area contributed by atoms with Gasteiger partial charge in [-0.05, 0) is 62.5 Å². The molecular weight excluding hydrogens is 447 g/mol. The molecule has 1 saturated heterocycles. The summed E-state index contributed by atoms with van der Waals surface area (Å²) in [6.07, 6.45) is 0.227. The highest BCUT2D eigenvalue weighted by Crippen LogP contribution is 2.40. The minimum atomic E-state index is -1.10. The van der Waals surface area contributed by atoms with E-state index in [4.69, 9.17) is 21.7 Å². The van der Waals surface area contributed by atoms with Gasteiger partial charge >= 0.3 is 0 Å². The quantitative estimate of drug-likeness (QED) is 0.621. The number of carbonyl (C=O) groups is 2. The minimum absolute atomic E-state index is 0.0134. The Bertz CT molecular complexity index is 1140. The maximum atomic E-state index is 15.2. The molecule has 0 unspecified atom stereocenters. The molecule has 33 heavy (non-hydrogen) atoms. The number of anilines is 2. The first-order valence-electron chi connectivity index (χ1n) is 10.1. The summed E-state index contributed by atoms with van der Waals surface area (Å²) < 4.78 is 25.8. The zero-order valence-corrected chi connectivity index (χ0v) is 19.5. The average Bonchev–Trinajstić information content (AvgIpc) is 2.97. The molecule has 172 valence electrons. The first kappa shape index (κ1) is 23.9. The Hall–Kier alpha value is -3.71. The Morgan fingerprint density at radius 3 is 2.48 bits per heavy atom. The Kier molecular flexibility index (Phi) is 6.84. The van der Waals surface area contributed by atoms with E-state index in [1.54, 1.807) is 50.1 Å². The van der Waals surface area contributed by atoms with Gasteiger partial charge in [-0.3, -0.25) is 14.5 Å². The van der Waals surface area contributed by atoms with Crippen molar-refractivity contribution < 1.29 is 23.5 Å². The predicted molar refractivity (Wildman–Crippen MR) is 125 cm³/mol. The van der Waals surface area contributed by atoms with Crippen LogP contribution in [0.4, 0.5) is 15.8 Å². The summed E-state index contributed by atoms with van der Waals surface area (Å²) in [5.74, 6) is -1.09. The molecule has 1 N–H and O–H groups in total. The highest BCUT2D eigenvalue weighted by molar-refractivity contribution is 7.81. The van der Waals surface area contributed by atoms with Crippen molar-refractivity contribution in [2.45, 2.75) is 25.8 Å². The van der Waals surface area contributed by atoms with Gasteiger partial charge in [-0.1, -0.05) is 0 Å². The molecule has 2 amide bonds. The number of carbonyl (C=O) groups excluding carboxylic acids is 2. The van der Waals surface area contributed by atoms with Crippen LogP contribution in [0.15, 0.2) is 36.4 Å². The molecule has 0 aliphatic carbocycles. The Morgan fingerprint density at radius 2 is 1.91 bits per heavy atom. The van der Waals surface area contributed by atoms with Gasteiger partial charge in [0.1, 0.15) is 17.4 Å². The second-order valence-electron chi connectivity index (χ2n) is 7.67. The zero-order chi connectivity index (χ0) is 24.3. The van der Waals surface area contributed by atoms with E-state index < -0.39 is 17.3 Å². The molecule has 1 heterocycles. The Balaban J connectivity index is 1.90. The number of methoxy groups -OCH3 is 1. The van der Waals surface area contributed by atoms with E-state index >= 15 is 4.39 Å². The number of hydrogen-bond donors (Lipinski definition) is 1. The van der Waals surface area contributed by atoms with Crippen molar-refractivity contribution in [2.75, 3.05) is 30.6 Å². The van der Waals surface area contributed by atoms with Crippen molar-refractivity contribution in [3.8, 4) is 17.6 Å². The van der Waals surface area contributed by atoms with Gasteiger partial charge in [-0.25, -0.2) is 4.39 Å². The number of thiocarbonyl (C=S) groups is 1. The van der Waals surface area contributed by atoms with E-state index in [1.807, 2.05) is 6.07 Å². The number of nitriles is 1. The van der Waals surface area contributed by atoms with E-state index in [1.165, 1.54) is 19.2 Å². The second-order valence-corrected chi connectivity index (χ2v) is 8.04. The predicted octanol–water partition coefficient (Wildman–Crippen LogP) is 3.14. The highest BCUT2D eigenvalue weighted by Gasteiger charge is 2.51. The van der Waals surface area contributed by atoms with E-state index in [-0.39, 0.29) is 41.0 Å². The SMILES string of the molecule is CNC(=O)CCOc1ccc(N2C(=S)N(c3ccc(C#N)c(OC)c3F)C(=O)C2(C)C)cc1. The summed E-state index contributed by atoms with van der Waals surface area (Å²) in [7, 11) is 2.81. The smallest absolute Gasteiger partial charge is 0.259 e. The number of amides is 2. The number of halogens is 1. The van der Waals surface area contributed by atoms with Crippen LogP contribution in [0.5, 0.6) is 11.5 Å². The molecule has 1 aliphatic heterocycles. The van der Waals surface area contributed by atoms with Gasteiger partial charge in [0.2, 0.25) is 5.91 Å². The number of nitrogens with zero attached hydrogens (tertiary/aromatic N) is 3. The van der Waals surface area contributed by atoms with E-state index in [2.05, 4.69) is 5.32 Å². The topological polar surface area (TPSA) is 94.9 Å². The molecular formula is C23H23FN4O4S. The van der Waals surface area contributed by atoms with Gasteiger partial charge < -0.3 is 19.7 Å². The molecule has 0 radical (unpaired) electrons. The van der Waals surface area contributed by atoms with Crippen LogP contribution >= 0.6 is 12.2 Å². The van der Waals surface area contributed by atoms with Gasteiger partial charge in [0.25, 0.3) is 5.91 Å². The lowest BCUT2D eigenvalue weighted by Gasteiger charge is -2.29. The van der Waals surface area contributed by atoms with Crippen LogP contribution in [-0.4, -0.2) is 43.2 Å². The van der Waals surface area contributed by atoms with Crippen LogP contribution in [0.1, 0.15) is 25.8 Å². The van der Waals surface area contributed by atoms with Crippen LogP contribution in [0.25, 0.3) is 0 Å². The van der Waals surface area contributed by atoms with Crippen molar-refractivity contribution in [3.05, 3.63) is 47.8 Å². The summed E-state index contributed by atoms with van der Waals surface area (Å²) in [6, 6.07) is 11.5. The number of ether oxygens (including phenoxy) is 2. The fourth-order valence-electron chi connectivity index (χ4n) is 3.52. The van der Waals surface area contributed by atoms with Crippen molar-refractivity contribution in [3.63, 3.8) is 0 Å². The summed E-state index contributed by atoms with van der Waals surface area (Å²) in [5.41, 5.74) is -0.572. The molecule has 0 saturated carbocycles. The molecule has 0 spiro atoms. The molecule has 0 aromatic heterocycles. The molecule has 0 bridgehead atoms. The first-order chi connectivity index (χ1) is 15.7. The second kappa shape index (κ2) is 9.42. The van der Waals surface area contributed by atoms with Crippen LogP contribution < -0.4 is 24.6 Å². The molecule has 3 rings (SSSR count). The van der Waals surface area contributed by atoms with Gasteiger partial charge in [0.15, 0.2) is 16.7 Å². The maximum absolute atomic E-state index is 15.2. The maximum Gasteiger partial charge on any atom is 0.259 e. The van der Waals surface area contributed by atoms with Crippen LogP contribution in [0.2, 0.25) is 0 Å². The zero-order valence-electron chi connectivity index (χ0n) is 18.6. The Labute approximate surface area is 196 Å². The molecule has 1 aliphatic rings. The van der Waals surface area contributed by atoms with Crippen LogP contribution in [0, 0.1) is 17.1 Å². The molecule has 0 atom stereocenters. The molecule has 10 heteroatoms. The van der Waals surface area contributed by atoms with Gasteiger partial charge in [0.05, 0.1) is 31.4 Å². The standard InChI is InChI=1S/C23H23FN4O4S/c1-23(2)21(30)27(17-10-5-14(13-25)20(31-4)19(17)24)22(33)28(23)15-6-8-16(9-7-15)32-12-11-18(29)26-3/h5-10H,11-12H2,1-4H3,(H,26,29). The van der Waals surface area contributed by atoms with Crippen molar-refractivity contribution in [1.29, 1.82) is 5.26 Å². The number of benzene rings is 2. The number of hydrogen-bond acceptors (Lipinski definition) is 6. The van der Waals surface area contributed by atoms with E-state index in [0.29, 0.717) is 11.4 Å². The van der Waals surface area contributed by atoms with Gasteiger partial charge in [0, 0.05) is 12.7 Å². The molecule has 2 aromatic rings. The lowest BCUT2D eigenvalue weighted by atomic mass is 10.0. The van der Waals surface area contributed by atoms with Crippen LogP contribution in [0.3, 0.4) is 0 Å². The summed E-state index contributed by atoms with van der Waals surface area (Å²) in [5, 5.41) is 11.8.